The molecule has 5 nitrogen and oxygen atoms in total. The number of nitrogens with one attached hydrogen (secondary N) is 2. The highest BCUT2D eigenvalue weighted by Crippen LogP contribution is 2.10. The van der Waals surface area contributed by atoms with Crippen molar-refractivity contribution in [1.29, 1.82) is 0 Å². The van der Waals surface area contributed by atoms with Crippen molar-refractivity contribution < 1.29 is 13.9 Å². The summed E-state index contributed by atoms with van der Waals surface area (Å²) in [6.07, 6.45) is 3.23. The molecule has 0 fully saturated rings. The van der Waals surface area contributed by atoms with Crippen LogP contribution in [0.2, 0.25) is 0 Å². The number of hydrogen-bond donors (Lipinski definition) is 2. The maximum absolute atomic E-state index is 12.6. The monoisotopic (exact) mass is 261 g/mol. The van der Waals surface area contributed by atoms with Crippen LogP contribution in [-0.2, 0) is 4.79 Å². The molecule has 1 amide bonds. The van der Waals surface area contributed by atoms with Gasteiger partial charge >= 0.3 is 0 Å². The average molecular weight is 261 g/mol. The minimum Gasteiger partial charge on any atom is -0.484 e. The molecular weight excluding hydrogens is 249 g/mol. The molecule has 0 aliphatic heterocycles. The van der Waals surface area contributed by atoms with Crippen LogP contribution in [-0.4, -0.2) is 23.7 Å². The topological polar surface area (TPSA) is 66.5 Å². The number of hydrogen-bond acceptors (Lipinski definition) is 3. The quantitative estimate of drug-likeness (QED) is 0.635. The maximum atomic E-state index is 12.6. The Hall–Kier alpha value is -2.63. The Balaban J connectivity index is 1.74. The first-order valence-corrected chi connectivity index (χ1v) is 5.58. The number of hydrazone groups is 1. The summed E-state index contributed by atoms with van der Waals surface area (Å²) >= 11 is 0. The van der Waals surface area contributed by atoms with E-state index in [2.05, 4.69) is 15.5 Å². The van der Waals surface area contributed by atoms with E-state index in [4.69, 9.17) is 4.74 Å². The second-order valence-electron chi connectivity index (χ2n) is 3.66. The molecule has 0 spiro atoms. The van der Waals surface area contributed by atoms with Gasteiger partial charge in [0.1, 0.15) is 11.6 Å². The van der Waals surface area contributed by atoms with Crippen LogP contribution in [0.4, 0.5) is 4.39 Å². The molecule has 2 N–H and O–H groups in total. The number of carbonyl (C=O) groups is 1. The van der Waals surface area contributed by atoms with Crippen molar-refractivity contribution in [3.8, 4) is 5.75 Å². The SMILES string of the molecule is O=C(COc1ccc(F)cc1)NN=Cc1ccc[nH]1. The van der Waals surface area contributed by atoms with Gasteiger partial charge in [0.15, 0.2) is 6.61 Å². The summed E-state index contributed by atoms with van der Waals surface area (Å²) in [7, 11) is 0. The molecule has 0 aliphatic carbocycles. The van der Waals surface area contributed by atoms with Crippen LogP contribution in [0.3, 0.4) is 0 Å². The van der Waals surface area contributed by atoms with E-state index in [0.717, 1.165) is 5.69 Å². The minimum atomic E-state index is -0.396. The van der Waals surface area contributed by atoms with Crippen molar-refractivity contribution in [2.24, 2.45) is 5.10 Å². The number of aromatic amines is 1. The Labute approximate surface area is 109 Å². The maximum Gasteiger partial charge on any atom is 0.277 e. The van der Waals surface area contributed by atoms with Gasteiger partial charge in [0, 0.05) is 6.20 Å². The van der Waals surface area contributed by atoms with Gasteiger partial charge in [0.2, 0.25) is 0 Å². The number of rotatable bonds is 5. The van der Waals surface area contributed by atoms with E-state index in [-0.39, 0.29) is 12.4 Å². The minimum absolute atomic E-state index is 0.187. The van der Waals surface area contributed by atoms with Crippen LogP contribution in [0, 0.1) is 5.82 Å². The summed E-state index contributed by atoms with van der Waals surface area (Å²) in [4.78, 5) is 14.3. The summed E-state index contributed by atoms with van der Waals surface area (Å²) < 4.78 is 17.8. The molecule has 2 aromatic rings. The number of benzene rings is 1. The third kappa shape index (κ3) is 4.27. The molecular formula is C13H12FN3O2. The molecule has 19 heavy (non-hydrogen) atoms. The lowest BCUT2D eigenvalue weighted by Gasteiger charge is -2.04. The number of carbonyl (C=O) groups excluding carboxylic acids is 1. The zero-order chi connectivity index (χ0) is 13.5. The van der Waals surface area contributed by atoms with E-state index in [9.17, 15) is 9.18 Å². The zero-order valence-electron chi connectivity index (χ0n) is 9.97. The first-order chi connectivity index (χ1) is 9.24. The van der Waals surface area contributed by atoms with Gasteiger partial charge in [-0.15, -0.1) is 0 Å². The van der Waals surface area contributed by atoms with Crippen molar-refractivity contribution >= 4 is 12.1 Å². The highest BCUT2D eigenvalue weighted by Gasteiger charge is 2.01. The molecule has 0 aliphatic rings. The first-order valence-electron chi connectivity index (χ1n) is 5.58. The molecule has 0 unspecified atom stereocenters. The number of nitrogens with zero attached hydrogens (tertiary/aromatic N) is 1. The lowest BCUT2D eigenvalue weighted by Crippen LogP contribution is -2.24. The van der Waals surface area contributed by atoms with E-state index < -0.39 is 5.91 Å². The normalized spacial score (nSPS) is 10.6. The molecule has 0 saturated heterocycles. The van der Waals surface area contributed by atoms with Gasteiger partial charge in [0.25, 0.3) is 5.91 Å². The van der Waals surface area contributed by atoms with Gasteiger partial charge in [-0.1, -0.05) is 0 Å². The smallest absolute Gasteiger partial charge is 0.277 e. The van der Waals surface area contributed by atoms with E-state index in [0.29, 0.717) is 5.75 Å². The van der Waals surface area contributed by atoms with Gasteiger partial charge in [-0.3, -0.25) is 4.79 Å². The van der Waals surface area contributed by atoms with Crippen LogP contribution < -0.4 is 10.2 Å². The predicted octanol–water partition coefficient (Wildman–Crippen LogP) is 1.68. The molecule has 0 atom stereocenters. The van der Waals surface area contributed by atoms with E-state index >= 15 is 0 Å². The van der Waals surface area contributed by atoms with Crippen LogP contribution in [0.1, 0.15) is 5.69 Å². The summed E-state index contributed by atoms with van der Waals surface area (Å²) in [6, 6.07) is 9.05. The van der Waals surface area contributed by atoms with Crippen molar-refractivity contribution in [3.05, 3.63) is 54.1 Å². The number of amides is 1. The zero-order valence-corrected chi connectivity index (χ0v) is 9.97. The van der Waals surface area contributed by atoms with Gasteiger partial charge in [-0.25, -0.2) is 9.82 Å². The third-order valence-corrected chi connectivity index (χ3v) is 2.20. The van der Waals surface area contributed by atoms with E-state index in [1.807, 2.05) is 12.1 Å². The fourth-order valence-corrected chi connectivity index (χ4v) is 1.31. The highest BCUT2D eigenvalue weighted by atomic mass is 19.1. The highest BCUT2D eigenvalue weighted by molar-refractivity contribution is 5.81. The van der Waals surface area contributed by atoms with Crippen LogP contribution in [0.25, 0.3) is 0 Å². The third-order valence-electron chi connectivity index (χ3n) is 2.20. The molecule has 98 valence electrons. The Bertz CT molecular complexity index is 550. The van der Waals surface area contributed by atoms with Crippen molar-refractivity contribution in [1.82, 2.24) is 10.4 Å². The molecule has 0 bridgehead atoms. The summed E-state index contributed by atoms with van der Waals surface area (Å²) in [6.45, 7) is -0.187. The Morgan fingerprint density at radius 1 is 1.37 bits per heavy atom. The first kappa shape index (κ1) is 12.8. The molecule has 6 heteroatoms. The second-order valence-corrected chi connectivity index (χ2v) is 3.66. The average Bonchev–Trinajstić information content (AvgIpc) is 2.91. The summed E-state index contributed by atoms with van der Waals surface area (Å²) in [5.41, 5.74) is 3.09. The summed E-state index contributed by atoms with van der Waals surface area (Å²) in [5, 5.41) is 3.74. The largest absolute Gasteiger partial charge is 0.484 e. The standard InChI is InChI=1S/C13H12FN3O2/c14-10-3-5-12(6-4-10)19-9-13(18)17-16-8-11-2-1-7-15-11/h1-8,15H,9H2,(H,17,18). The van der Waals surface area contributed by atoms with Crippen molar-refractivity contribution in [2.75, 3.05) is 6.61 Å². The molecule has 0 radical (unpaired) electrons. The second kappa shape index (κ2) is 6.34. The van der Waals surface area contributed by atoms with Gasteiger partial charge in [0.05, 0.1) is 11.9 Å². The molecule has 1 aromatic carbocycles. The number of ether oxygens (including phenoxy) is 1. The fraction of sp³-hybridized carbons (Fsp3) is 0.0769. The van der Waals surface area contributed by atoms with Crippen LogP contribution in [0.5, 0.6) is 5.75 Å². The fourth-order valence-electron chi connectivity index (χ4n) is 1.31. The lowest BCUT2D eigenvalue weighted by atomic mass is 10.3. The lowest BCUT2D eigenvalue weighted by molar-refractivity contribution is -0.123. The van der Waals surface area contributed by atoms with Crippen LogP contribution in [0.15, 0.2) is 47.7 Å². The summed E-state index contributed by atoms with van der Waals surface area (Å²) in [5.74, 6) is -0.329. The van der Waals surface area contributed by atoms with Gasteiger partial charge in [-0.05, 0) is 36.4 Å². The van der Waals surface area contributed by atoms with Gasteiger partial charge < -0.3 is 9.72 Å². The molecule has 2 rings (SSSR count). The van der Waals surface area contributed by atoms with E-state index in [1.165, 1.54) is 30.5 Å². The van der Waals surface area contributed by atoms with Crippen molar-refractivity contribution in [2.45, 2.75) is 0 Å². The predicted molar refractivity (Wildman–Crippen MR) is 68.4 cm³/mol. The molecule has 0 saturated carbocycles. The molecule has 1 aromatic heterocycles. The number of halogens is 1. The Morgan fingerprint density at radius 2 is 2.16 bits per heavy atom. The Morgan fingerprint density at radius 3 is 2.84 bits per heavy atom. The Kier molecular flexibility index (Phi) is 4.28. The van der Waals surface area contributed by atoms with Crippen molar-refractivity contribution in [3.63, 3.8) is 0 Å². The number of H-pyrrole nitrogens is 1. The van der Waals surface area contributed by atoms with Gasteiger partial charge in [-0.2, -0.15) is 5.10 Å². The van der Waals surface area contributed by atoms with E-state index in [1.54, 1.807) is 6.20 Å². The number of aromatic nitrogens is 1. The van der Waals surface area contributed by atoms with Crippen LogP contribution >= 0.6 is 0 Å². The molecule has 1 heterocycles.